The molecular formula is C20H14ClNO3. The molecule has 0 aliphatic heterocycles. The monoisotopic (exact) mass is 351 g/mol. The molecule has 0 saturated carbocycles. The van der Waals surface area contributed by atoms with Crippen molar-refractivity contribution >= 4 is 28.3 Å². The van der Waals surface area contributed by atoms with Gasteiger partial charge in [0.1, 0.15) is 12.4 Å². The number of benzene rings is 3. The number of hydrogen-bond donors (Lipinski definition) is 0. The maximum absolute atomic E-state index is 11.9. The lowest BCUT2D eigenvalue weighted by Crippen LogP contribution is -2.15. The number of rotatable bonds is 5. The molecule has 0 aliphatic carbocycles. The van der Waals surface area contributed by atoms with Gasteiger partial charge in [0.25, 0.3) is 0 Å². The molecule has 3 rings (SSSR count). The summed E-state index contributed by atoms with van der Waals surface area (Å²) in [5, 5.41) is 11.3. The van der Waals surface area contributed by atoms with Crippen molar-refractivity contribution in [2.24, 2.45) is 0 Å². The van der Waals surface area contributed by atoms with Gasteiger partial charge in [-0.3, -0.25) is 0 Å². The third-order valence-corrected chi connectivity index (χ3v) is 4.03. The molecule has 3 aromatic rings. The van der Waals surface area contributed by atoms with Crippen LogP contribution in [0.25, 0.3) is 10.8 Å². The summed E-state index contributed by atoms with van der Waals surface area (Å²) in [6.45, 7) is -0.187. The number of esters is 1. The van der Waals surface area contributed by atoms with Crippen molar-refractivity contribution in [2.45, 2.75) is 6.61 Å². The van der Waals surface area contributed by atoms with Crippen LogP contribution in [-0.2, 0) is 16.1 Å². The van der Waals surface area contributed by atoms with Crippen LogP contribution >= 0.6 is 11.6 Å². The summed E-state index contributed by atoms with van der Waals surface area (Å²) in [5.41, 5.74) is 1.15. The van der Waals surface area contributed by atoms with Gasteiger partial charge in [-0.05, 0) is 18.2 Å². The van der Waals surface area contributed by atoms with Gasteiger partial charge in [-0.25, -0.2) is 4.79 Å². The van der Waals surface area contributed by atoms with Gasteiger partial charge < -0.3 is 9.47 Å². The van der Waals surface area contributed by atoms with Gasteiger partial charge in [0.05, 0.1) is 11.6 Å². The first-order chi connectivity index (χ1) is 12.2. The fourth-order valence-corrected chi connectivity index (χ4v) is 2.68. The minimum Gasteiger partial charge on any atom is -0.481 e. The summed E-state index contributed by atoms with van der Waals surface area (Å²) in [6.07, 6.45) is 0. The lowest BCUT2D eigenvalue weighted by atomic mass is 10.1. The SMILES string of the molecule is N#Cc1ccccc1COC(=O)COc1ccc(Cl)c2ccccc12. The van der Waals surface area contributed by atoms with Gasteiger partial charge in [0.2, 0.25) is 0 Å². The second-order valence-corrected chi connectivity index (χ2v) is 5.72. The Balaban J connectivity index is 1.64. The molecule has 0 N–H and O–H groups in total. The number of carbonyl (C=O) groups is 1. The van der Waals surface area contributed by atoms with Gasteiger partial charge in [-0.15, -0.1) is 0 Å². The highest BCUT2D eigenvalue weighted by molar-refractivity contribution is 6.35. The van der Waals surface area contributed by atoms with Crippen molar-refractivity contribution in [3.05, 3.63) is 76.8 Å². The Bertz CT molecular complexity index is 963. The molecule has 0 bridgehead atoms. The first-order valence-electron chi connectivity index (χ1n) is 7.62. The fraction of sp³-hybridized carbons (Fsp3) is 0.100. The summed E-state index contributed by atoms with van der Waals surface area (Å²) >= 11 is 6.16. The number of nitrogens with zero attached hydrogens (tertiary/aromatic N) is 1. The molecule has 5 heteroatoms. The molecule has 25 heavy (non-hydrogen) atoms. The zero-order valence-electron chi connectivity index (χ0n) is 13.2. The van der Waals surface area contributed by atoms with Crippen LogP contribution in [0.1, 0.15) is 11.1 Å². The predicted octanol–water partition coefficient (Wildman–Crippen LogP) is 4.49. The second-order valence-electron chi connectivity index (χ2n) is 5.31. The predicted molar refractivity (Wildman–Crippen MR) is 95.4 cm³/mol. The molecule has 124 valence electrons. The normalized spacial score (nSPS) is 10.2. The van der Waals surface area contributed by atoms with E-state index < -0.39 is 5.97 Å². The molecule has 0 spiro atoms. The van der Waals surface area contributed by atoms with Crippen LogP contribution in [0, 0.1) is 11.3 Å². The van der Waals surface area contributed by atoms with Crippen molar-refractivity contribution in [3.8, 4) is 11.8 Å². The third-order valence-electron chi connectivity index (χ3n) is 3.70. The molecule has 0 heterocycles. The van der Waals surface area contributed by atoms with E-state index in [0.29, 0.717) is 21.9 Å². The van der Waals surface area contributed by atoms with Gasteiger partial charge in [0, 0.05) is 21.4 Å². The van der Waals surface area contributed by atoms with Crippen molar-refractivity contribution in [2.75, 3.05) is 6.61 Å². The molecule has 0 aliphatic rings. The minimum atomic E-state index is -0.508. The summed E-state index contributed by atoms with van der Waals surface area (Å²) < 4.78 is 10.8. The Kier molecular flexibility index (Phi) is 5.17. The molecule has 0 unspecified atom stereocenters. The minimum absolute atomic E-state index is 0.0350. The van der Waals surface area contributed by atoms with Crippen LogP contribution in [0.5, 0.6) is 5.75 Å². The molecule has 0 aromatic heterocycles. The van der Waals surface area contributed by atoms with Crippen LogP contribution < -0.4 is 4.74 Å². The number of halogens is 1. The van der Waals surface area contributed by atoms with Gasteiger partial charge in [-0.2, -0.15) is 5.26 Å². The van der Waals surface area contributed by atoms with Crippen molar-refractivity contribution < 1.29 is 14.3 Å². The summed E-state index contributed by atoms with van der Waals surface area (Å²) in [7, 11) is 0. The van der Waals surface area contributed by atoms with Crippen LogP contribution in [0.15, 0.2) is 60.7 Å². The molecule has 3 aromatic carbocycles. The molecule has 0 atom stereocenters. The maximum atomic E-state index is 11.9. The summed E-state index contributed by atoms with van der Waals surface area (Å²) in [4.78, 5) is 11.9. The highest BCUT2D eigenvalue weighted by Gasteiger charge is 2.10. The maximum Gasteiger partial charge on any atom is 0.344 e. The first kappa shape index (κ1) is 16.8. The molecular weight excluding hydrogens is 338 g/mol. The van der Waals surface area contributed by atoms with Crippen LogP contribution in [0.3, 0.4) is 0 Å². The molecule has 0 amide bonds. The standard InChI is InChI=1S/C20H14ClNO3/c21-18-9-10-19(17-8-4-3-7-16(17)18)24-13-20(23)25-12-15-6-2-1-5-14(15)11-22/h1-10H,12-13H2. The van der Waals surface area contributed by atoms with Gasteiger partial charge in [-0.1, -0.05) is 54.1 Å². The number of nitriles is 1. The Morgan fingerprint density at radius 1 is 1.00 bits per heavy atom. The van der Waals surface area contributed by atoms with Crippen LogP contribution in [0.2, 0.25) is 5.02 Å². The Hall–Kier alpha value is -3.03. The van der Waals surface area contributed by atoms with E-state index in [1.165, 1.54) is 0 Å². The average molecular weight is 352 g/mol. The first-order valence-corrected chi connectivity index (χ1v) is 8.00. The smallest absolute Gasteiger partial charge is 0.344 e. The number of fused-ring (bicyclic) bond motifs is 1. The van der Waals surface area contributed by atoms with E-state index in [9.17, 15) is 4.79 Å². The van der Waals surface area contributed by atoms with E-state index in [-0.39, 0.29) is 13.2 Å². The fourth-order valence-electron chi connectivity index (χ4n) is 2.45. The van der Waals surface area contributed by atoms with E-state index in [2.05, 4.69) is 6.07 Å². The van der Waals surface area contributed by atoms with E-state index in [4.69, 9.17) is 26.3 Å². The van der Waals surface area contributed by atoms with E-state index >= 15 is 0 Å². The van der Waals surface area contributed by atoms with Crippen LogP contribution in [0.4, 0.5) is 0 Å². The molecule has 0 saturated heterocycles. The number of hydrogen-bond acceptors (Lipinski definition) is 4. The average Bonchev–Trinajstić information content (AvgIpc) is 2.66. The zero-order valence-corrected chi connectivity index (χ0v) is 14.0. The van der Waals surface area contributed by atoms with Crippen molar-refractivity contribution in [1.29, 1.82) is 5.26 Å². The number of ether oxygens (including phenoxy) is 2. The van der Waals surface area contributed by atoms with E-state index in [1.54, 1.807) is 36.4 Å². The summed E-state index contributed by atoms with van der Waals surface area (Å²) in [5.74, 6) is 0.0566. The largest absolute Gasteiger partial charge is 0.481 e. The highest BCUT2D eigenvalue weighted by Crippen LogP contribution is 2.31. The second kappa shape index (κ2) is 7.69. The van der Waals surface area contributed by atoms with Crippen LogP contribution in [-0.4, -0.2) is 12.6 Å². The molecule has 4 nitrogen and oxygen atoms in total. The Labute approximate surface area is 150 Å². The zero-order chi connectivity index (χ0) is 17.6. The van der Waals surface area contributed by atoms with Crippen molar-refractivity contribution in [3.63, 3.8) is 0 Å². The highest BCUT2D eigenvalue weighted by atomic mass is 35.5. The van der Waals surface area contributed by atoms with E-state index in [0.717, 1.165) is 10.8 Å². The van der Waals surface area contributed by atoms with Gasteiger partial charge in [0.15, 0.2) is 6.61 Å². The van der Waals surface area contributed by atoms with Crippen molar-refractivity contribution in [1.82, 2.24) is 0 Å². The third kappa shape index (κ3) is 3.90. The Morgan fingerprint density at radius 2 is 1.72 bits per heavy atom. The number of carbonyl (C=O) groups excluding carboxylic acids is 1. The molecule has 0 fully saturated rings. The topological polar surface area (TPSA) is 59.3 Å². The lowest BCUT2D eigenvalue weighted by Gasteiger charge is -2.10. The molecule has 0 radical (unpaired) electrons. The van der Waals surface area contributed by atoms with Gasteiger partial charge >= 0.3 is 5.97 Å². The lowest BCUT2D eigenvalue weighted by molar-refractivity contribution is -0.147. The summed E-state index contributed by atoms with van der Waals surface area (Å²) in [6, 6.07) is 20.0. The Morgan fingerprint density at radius 3 is 2.52 bits per heavy atom. The van der Waals surface area contributed by atoms with E-state index in [1.807, 2.05) is 24.3 Å². The quantitative estimate of drug-likeness (QED) is 0.635.